The zero-order valence-corrected chi connectivity index (χ0v) is 9.08. The number of hydrogen-bond acceptors (Lipinski definition) is 2. The minimum Gasteiger partial charge on any atom is -0.351 e. The Kier molecular flexibility index (Phi) is 4.34. The molecule has 0 saturated carbocycles. The third kappa shape index (κ3) is 3.38. The molecule has 0 aromatic heterocycles. The molecule has 0 aliphatic heterocycles. The summed E-state index contributed by atoms with van der Waals surface area (Å²) in [6, 6.07) is -0.769. The Labute approximate surface area is 89.9 Å². The minimum atomic E-state index is -0.769. The summed E-state index contributed by atoms with van der Waals surface area (Å²) in [6.45, 7) is 1.95. The van der Waals surface area contributed by atoms with Gasteiger partial charge in [-0.3, -0.25) is 10.1 Å². The van der Waals surface area contributed by atoms with Crippen LogP contribution in [0.2, 0.25) is 0 Å². The fourth-order valence-corrected chi connectivity index (χ4v) is 2.00. The largest absolute Gasteiger partial charge is 0.351 e. The third-order valence-electron chi connectivity index (χ3n) is 2.74. The van der Waals surface area contributed by atoms with Crippen molar-refractivity contribution in [3.05, 3.63) is 11.6 Å². The maximum Gasteiger partial charge on any atom is 0.318 e. The van der Waals surface area contributed by atoms with E-state index >= 15 is 0 Å². The molecule has 4 nitrogen and oxygen atoms in total. The number of urea groups is 1. The molecule has 4 heteroatoms. The highest BCUT2D eigenvalue weighted by molar-refractivity contribution is 5.95. The van der Waals surface area contributed by atoms with Gasteiger partial charge in [-0.25, -0.2) is 4.79 Å². The Morgan fingerprint density at radius 2 is 2.27 bits per heavy atom. The average molecular weight is 210 g/mol. The third-order valence-corrected chi connectivity index (χ3v) is 2.74. The van der Waals surface area contributed by atoms with Crippen molar-refractivity contribution in [3.63, 3.8) is 0 Å². The maximum atomic E-state index is 11.6. The van der Waals surface area contributed by atoms with Gasteiger partial charge in [0.15, 0.2) is 0 Å². The molecular formula is C11H18N2O2. The molecule has 3 N–H and O–H groups in total. The predicted octanol–water partition coefficient (Wildman–Crippen LogP) is 1.71. The summed E-state index contributed by atoms with van der Waals surface area (Å²) in [5, 5.41) is 2.15. The Bertz CT molecular complexity index is 284. The number of amides is 3. The van der Waals surface area contributed by atoms with Crippen LogP contribution in [0.1, 0.15) is 39.0 Å². The summed E-state index contributed by atoms with van der Waals surface area (Å²) < 4.78 is 0. The highest BCUT2D eigenvalue weighted by atomic mass is 16.2. The second kappa shape index (κ2) is 5.53. The van der Waals surface area contributed by atoms with Crippen LogP contribution in [0.25, 0.3) is 0 Å². The first-order valence-corrected chi connectivity index (χ1v) is 5.44. The lowest BCUT2D eigenvalue weighted by molar-refractivity contribution is -0.122. The van der Waals surface area contributed by atoms with E-state index in [4.69, 9.17) is 5.73 Å². The van der Waals surface area contributed by atoms with Gasteiger partial charge < -0.3 is 5.73 Å². The summed E-state index contributed by atoms with van der Waals surface area (Å²) >= 11 is 0. The molecule has 0 heterocycles. The van der Waals surface area contributed by atoms with Crippen LogP contribution < -0.4 is 11.1 Å². The Hall–Kier alpha value is -1.32. The topological polar surface area (TPSA) is 72.2 Å². The molecule has 1 rings (SSSR count). The van der Waals surface area contributed by atoms with Gasteiger partial charge in [0.2, 0.25) is 5.91 Å². The number of imide groups is 1. The highest BCUT2D eigenvalue weighted by Gasteiger charge is 2.22. The van der Waals surface area contributed by atoms with Crippen LogP contribution in [-0.4, -0.2) is 11.9 Å². The molecule has 1 aliphatic carbocycles. The highest BCUT2D eigenvalue weighted by Crippen LogP contribution is 2.26. The molecular weight excluding hydrogens is 192 g/mol. The number of hydrogen-bond donors (Lipinski definition) is 2. The van der Waals surface area contributed by atoms with E-state index in [2.05, 4.69) is 11.4 Å². The summed E-state index contributed by atoms with van der Waals surface area (Å²) in [5.74, 6) is -0.448. The molecule has 0 radical (unpaired) electrons. The van der Waals surface area contributed by atoms with Crippen LogP contribution >= 0.6 is 0 Å². The lowest BCUT2D eigenvalue weighted by Gasteiger charge is -2.20. The van der Waals surface area contributed by atoms with Gasteiger partial charge in [-0.05, 0) is 32.1 Å². The second-order valence-corrected chi connectivity index (χ2v) is 3.84. The van der Waals surface area contributed by atoms with Crippen LogP contribution in [-0.2, 0) is 4.79 Å². The normalized spacial score (nSPS) is 17.8. The van der Waals surface area contributed by atoms with Crippen LogP contribution in [0.15, 0.2) is 11.6 Å². The van der Waals surface area contributed by atoms with E-state index < -0.39 is 6.03 Å². The van der Waals surface area contributed by atoms with E-state index in [1.54, 1.807) is 0 Å². The van der Waals surface area contributed by atoms with Crippen molar-refractivity contribution in [1.82, 2.24) is 5.32 Å². The smallest absolute Gasteiger partial charge is 0.318 e. The number of nitrogens with two attached hydrogens (primary N) is 1. The van der Waals surface area contributed by atoms with Crippen molar-refractivity contribution in [3.8, 4) is 0 Å². The number of carbonyl (C=O) groups excluding carboxylic acids is 2. The quantitative estimate of drug-likeness (QED) is 0.696. The van der Waals surface area contributed by atoms with Gasteiger partial charge in [-0.15, -0.1) is 0 Å². The van der Waals surface area contributed by atoms with Crippen molar-refractivity contribution in [2.75, 3.05) is 0 Å². The molecule has 15 heavy (non-hydrogen) atoms. The summed E-state index contributed by atoms with van der Waals surface area (Å²) in [7, 11) is 0. The number of allylic oxidation sites excluding steroid dienone is 1. The van der Waals surface area contributed by atoms with Gasteiger partial charge in [-0.2, -0.15) is 0 Å². The first-order chi connectivity index (χ1) is 7.15. The fourth-order valence-electron chi connectivity index (χ4n) is 2.00. The van der Waals surface area contributed by atoms with Gasteiger partial charge in [0.1, 0.15) is 0 Å². The molecule has 0 saturated heterocycles. The lowest BCUT2D eigenvalue weighted by Crippen LogP contribution is -2.39. The van der Waals surface area contributed by atoms with E-state index in [0.29, 0.717) is 6.42 Å². The van der Waals surface area contributed by atoms with Crippen LogP contribution in [0.3, 0.4) is 0 Å². The molecule has 0 spiro atoms. The van der Waals surface area contributed by atoms with E-state index in [-0.39, 0.29) is 11.8 Å². The summed E-state index contributed by atoms with van der Waals surface area (Å²) in [5.41, 5.74) is 6.08. The maximum absolute atomic E-state index is 11.6. The van der Waals surface area contributed by atoms with E-state index in [1.807, 2.05) is 6.92 Å². The number of carbonyl (C=O) groups is 2. The zero-order valence-electron chi connectivity index (χ0n) is 9.08. The zero-order chi connectivity index (χ0) is 11.3. The first kappa shape index (κ1) is 11.8. The summed E-state index contributed by atoms with van der Waals surface area (Å²) in [4.78, 5) is 22.2. The molecule has 3 amide bonds. The minimum absolute atomic E-state index is 0.183. The monoisotopic (exact) mass is 210 g/mol. The Balaban J connectivity index is 2.65. The summed E-state index contributed by atoms with van der Waals surface area (Å²) in [6.07, 6.45) is 7.16. The molecule has 1 unspecified atom stereocenters. The predicted molar refractivity (Wildman–Crippen MR) is 58.1 cm³/mol. The van der Waals surface area contributed by atoms with Crippen molar-refractivity contribution >= 4 is 11.9 Å². The number of nitrogens with one attached hydrogen (secondary N) is 1. The number of primary amides is 1. The van der Waals surface area contributed by atoms with Gasteiger partial charge in [0.05, 0.1) is 5.92 Å². The fraction of sp³-hybridized carbons (Fsp3) is 0.636. The molecule has 0 bridgehead atoms. The first-order valence-electron chi connectivity index (χ1n) is 5.44. The SMILES string of the molecule is CCC(C(=O)NC(N)=O)C1=CCCCC1. The van der Waals surface area contributed by atoms with Gasteiger partial charge in [0, 0.05) is 0 Å². The van der Waals surface area contributed by atoms with Gasteiger partial charge in [-0.1, -0.05) is 18.6 Å². The second-order valence-electron chi connectivity index (χ2n) is 3.84. The van der Waals surface area contributed by atoms with Crippen LogP contribution in [0, 0.1) is 5.92 Å². The van der Waals surface area contributed by atoms with Crippen molar-refractivity contribution in [2.45, 2.75) is 39.0 Å². The Morgan fingerprint density at radius 3 is 2.73 bits per heavy atom. The van der Waals surface area contributed by atoms with Gasteiger partial charge >= 0.3 is 6.03 Å². The average Bonchev–Trinajstić information content (AvgIpc) is 2.19. The molecule has 0 aromatic rings. The number of rotatable bonds is 3. The molecule has 84 valence electrons. The molecule has 0 fully saturated rings. The standard InChI is InChI=1S/C11H18N2O2/c1-2-9(10(14)13-11(12)15)8-6-4-3-5-7-8/h6,9H,2-5,7H2,1H3,(H3,12,13,14,15). The van der Waals surface area contributed by atoms with E-state index in [9.17, 15) is 9.59 Å². The van der Waals surface area contributed by atoms with Gasteiger partial charge in [0.25, 0.3) is 0 Å². The van der Waals surface area contributed by atoms with Crippen molar-refractivity contribution < 1.29 is 9.59 Å². The molecule has 1 atom stereocenters. The lowest BCUT2D eigenvalue weighted by atomic mass is 9.87. The molecule has 0 aromatic carbocycles. The van der Waals surface area contributed by atoms with Crippen molar-refractivity contribution in [2.24, 2.45) is 11.7 Å². The van der Waals surface area contributed by atoms with Crippen LogP contribution in [0.4, 0.5) is 4.79 Å². The molecule has 1 aliphatic rings. The Morgan fingerprint density at radius 1 is 1.53 bits per heavy atom. The van der Waals surface area contributed by atoms with E-state index in [0.717, 1.165) is 24.8 Å². The van der Waals surface area contributed by atoms with Crippen LogP contribution in [0.5, 0.6) is 0 Å². The van der Waals surface area contributed by atoms with Crippen molar-refractivity contribution in [1.29, 1.82) is 0 Å². The van der Waals surface area contributed by atoms with E-state index in [1.165, 1.54) is 6.42 Å².